The van der Waals surface area contributed by atoms with Crippen molar-refractivity contribution in [1.82, 2.24) is 10.2 Å². The van der Waals surface area contributed by atoms with Gasteiger partial charge in [-0.15, -0.1) is 0 Å². The van der Waals surface area contributed by atoms with Crippen molar-refractivity contribution in [2.75, 3.05) is 19.6 Å². The van der Waals surface area contributed by atoms with E-state index in [1.807, 2.05) is 0 Å². The molecule has 0 saturated carbocycles. The molecule has 0 aromatic carbocycles. The minimum Gasteiger partial charge on any atom is -0.347 e. The maximum atomic E-state index is 11.2. The van der Waals surface area contributed by atoms with E-state index >= 15 is 0 Å². The molecule has 6 nitrogen and oxygen atoms in total. The standard InChI is InChI=1S/C7H11N3O3/c8-1-2-10-6(12)3-5(11)9-4-7(10)13/h1-4,8H2,(H,9,11). The van der Waals surface area contributed by atoms with Crippen LogP contribution in [-0.2, 0) is 14.4 Å². The smallest absolute Gasteiger partial charge is 0.248 e. The molecule has 0 unspecified atom stereocenters. The molecule has 1 heterocycles. The van der Waals surface area contributed by atoms with Crippen LogP contribution in [0.3, 0.4) is 0 Å². The van der Waals surface area contributed by atoms with E-state index in [0.29, 0.717) is 0 Å². The number of hydrogen-bond acceptors (Lipinski definition) is 4. The van der Waals surface area contributed by atoms with Crippen LogP contribution in [0.25, 0.3) is 0 Å². The molecule has 3 amide bonds. The van der Waals surface area contributed by atoms with Crippen LogP contribution in [0, 0.1) is 0 Å². The van der Waals surface area contributed by atoms with E-state index in [0.717, 1.165) is 4.90 Å². The maximum absolute atomic E-state index is 11.2. The molecule has 1 aliphatic rings. The molecule has 1 saturated heterocycles. The van der Waals surface area contributed by atoms with E-state index in [2.05, 4.69) is 5.32 Å². The van der Waals surface area contributed by atoms with Crippen molar-refractivity contribution < 1.29 is 14.4 Å². The van der Waals surface area contributed by atoms with Gasteiger partial charge in [-0.25, -0.2) is 0 Å². The van der Waals surface area contributed by atoms with E-state index in [4.69, 9.17) is 5.73 Å². The number of nitrogens with two attached hydrogens (primary N) is 1. The lowest BCUT2D eigenvalue weighted by Crippen LogP contribution is -2.41. The van der Waals surface area contributed by atoms with Gasteiger partial charge in [-0.05, 0) is 0 Å². The first-order valence-corrected chi connectivity index (χ1v) is 3.95. The highest BCUT2D eigenvalue weighted by atomic mass is 16.2. The molecule has 0 bridgehead atoms. The van der Waals surface area contributed by atoms with Gasteiger partial charge < -0.3 is 11.1 Å². The Morgan fingerprint density at radius 2 is 2.00 bits per heavy atom. The molecular weight excluding hydrogens is 174 g/mol. The van der Waals surface area contributed by atoms with E-state index in [1.54, 1.807) is 0 Å². The Morgan fingerprint density at radius 3 is 2.62 bits per heavy atom. The zero-order valence-corrected chi connectivity index (χ0v) is 7.08. The Balaban J connectivity index is 2.72. The first-order valence-electron chi connectivity index (χ1n) is 3.95. The predicted octanol–water partition coefficient (Wildman–Crippen LogP) is -2.18. The molecule has 0 radical (unpaired) electrons. The summed E-state index contributed by atoms with van der Waals surface area (Å²) in [4.78, 5) is 34.3. The van der Waals surface area contributed by atoms with Crippen LogP contribution in [0.2, 0.25) is 0 Å². The summed E-state index contributed by atoms with van der Waals surface area (Å²) in [7, 11) is 0. The van der Waals surface area contributed by atoms with E-state index < -0.39 is 17.7 Å². The number of hydrogen-bond donors (Lipinski definition) is 2. The number of carbonyl (C=O) groups is 3. The van der Waals surface area contributed by atoms with Crippen LogP contribution in [0.5, 0.6) is 0 Å². The van der Waals surface area contributed by atoms with E-state index in [1.165, 1.54) is 0 Å². The van der Waals surface area contributed by atoms with Crippen LogP contribution in [-0.4, -0.2) is 42.3 Å². The second kappa shape index (κ2) is 3.99. The second-order valence-electron chi connectivity index (χ2n) is 2.68. The summed E-state index contributed by atoms with van der Waals surface area (Å²) >= 11 is 0. The zero-order valence-electron chi connectivity index (χ0n) is 7.08. The van der Waals surface area contributed by atoms with Crippen LogP contribution in [0.1, 0.15) is 6.42 Å². The van der Waals surface area contributed by atoms with Crippen molar-refractivity contribution in [3.63, 3.8) is 0 Å². The SMILES string of the molecule is NCCN1C(=O)CNC(=O)CC1=O. The Kier molecular flexibility index (Phi) is 2.97. The molecule has 0 aromatic rings. The fourth-order valence-electron chi connectivity index (χ4n) is 1.08. The number of nitrogens with one attached hydrogen (secondary N) is 1. The average Bonchev–Trinajstić information content (AvgIpc) is 2.19. The monoisotopic (exact) mass is 185 g/mol. The summed E-state index contributed by atoms with van der Waals surface area (Å²) in [5, 5.41) is 2.32. The van der Waals surface area contributed by atoms with Crippen molar-refractivity contribution in [3.05, 3.63) is 0 Å². The molecule has 13 heavy (non-hydrogen) atoms. The normalized spacial score (nSPS) is 18.5. The molecule has 1 aliphatic heterocycles. The van der Waals surface area contributed by atoms with Crippen molar-refractivity contribution in [2.24, 2.45) is 5.73 Å². The van der Waals surface area contributed by atoms with Crippen LogP contribution >= 0.6 is 0 Å². The van der Waals surface area contributed by atoms with Crippen LogP contribution in [0.15, 0.2) is 0 Å². The Hall–Kier alpha value is -1.43. The Bertz CT molecular complexity index is 251. The Labute approximate surface area is 75.1 Å². The van der Waals surface area contributed by atoms with Crippen molar-refractivity contribution in [3.8, 4) is 0 Å². The fourth-order valence-corrected chi connectivity index (χ4v) is 1.08. The lowest BCUT2D eigenvalue weighted by Gasteiger charge is -2.15. The summed E-state index contributed by atoms with van der Waals surface area (Å²) in [5.41, 5.74) is 5.22. The van der Waals surface area contributed by atoms with Gasteiger partial charge in [-0.1, -0.05) is 0 Å². The summed E-state index contributed by atoms with van der Waals surface area (Å²) < 4.78 is 0. The van der Waals surface area contributed by atoms with Gasteiger partial charge in [0, 0.05) is 13.1 Å². The molecule has 1 rings (SSSR count). The van der Waals surface area contributed by atoms with Crippen LogP contribution < -0.4 is 11.1 Å². The third kappa shape index (κ3) is 2.25. The third-order valence-corrected chi connectivity index (χ3v) is 1.70. The molecule has 0 aromatic heterocycles. The largest absolute Gasteiger partial charge is 0.347 e. The number of nitrogens with zero attached hydrogens (tertiary/aromatic N) is 1. The summed E-state index contributed by atoms with van der Waals surface area (Å²) in [6.07, 6.45) is -0.272. The Morgan fingerprint density at radius 1 is 1.31 bits per heavy atom. The van der Waals surface area contributed by atoms with Gasteiger partial charge in [-0.2, -0.15) is 0 Å². The first kappa shape index (κ1) is 9.66. The minimum atomic E-state index is -0.481. The van der Waals surface area contributed by atoms with Gasteiger partial charge in [0.2, 0.25) is 17.7 Å². The molecule has 0 atom stereocenters. The maximum Gasteiger partial charge on any atom is 0.248 e. The lowest BCUT2D eigenvalue weighted by molar-refractivity contribution is -0.143. The summed E-state index contributed by atoms with van der Waals surface area (Å²) in [6, 6.07) is 0. The third-order valence-electron chi connectivity index (χ3n) is 1.70. The second-order valence-corrected chi connectivity index (χ2v) is 2.68. The highest BCUT2D eigenvalue weighted by molar-refractivity contribution is 6.07. The highest BCUT2D eigenvalue weighted by Crippen LogP contribution is 1.98. The fraction of sp³-hybridized carbons (Fsp3) is 0.571. The van der Waals surface area contributed by atoms with Gasteiger partial charge in [0.25, 0.3) is 0 Å². The minimum absolute atomic E-state index is 0.120. The van der Waals surface area contributed by atoms with Gasteiger partial charge in [0.1, 0.15) is 6.42 Å². The van der Waals surface area contributed by atoms with Crippen molar-refractivity contribution in [2.45, 2.75) is 6.42 Å². The van der Waals surface area contributed by atoms with Crippen molar-refractivity contribution in [1.29, 1.82) is 0 Å². The topological polar surface area (TPSA) is 92.5 Å². The number of rotatable bonds is 2. The molecule has 0 spiro atoms. The molecule has 0 aliphatic carbocycles. The van der Waals surface area contributed by atoms with Crippen molar-refractivity contribution >= 4 is 17.7 Å². The van der Waals surface area contributed by atoms with Gasteiger partial charge in [-0.3, -0.25) is 19.3 Å². The van der Waals surface area contributed by atoms with Gasteiger partial charge in [0.05, 0.1) is 6.54 Å². The molecule has 1 fully saturated rings. The van der Waals surface area contributed by atoms with E-state index in [-0.39, 0.29) is 26.1 Å². The van der Waals surface area contributed by atoms with Crippen LogP contribution in [0.4, 0.5) is 0 Å². The zero-order chi connectivity index (χ0) is 9.84. The average molecular weight is 185 g/mol. The summed E-state index contributed by atoms with van der Waals surface area (Å²) in [6.45, 7) is 0.267. The number of carbonyl (C=O) groups excluding carboxylic acids is 3. The highest BCUT2D eigenvalue weighted by Gasteiger charge is 2.26. The van der Waals surface area contributed by atoms with E-state index in [9.17, 15) is 14.4 Å². The number of imide groups is 1. The number of amides is 3. The summed E-state index contributed by atoms with van der Waals surface area (Å²) in [5.74, 6) is -1.30. The molecule has 6 heteroatoms. The van der Waals surface area contributed by atoms with Gasteiger partial charge in [0.15, 0.2) is 0 Å². The lowest BCUT2D eigenvalue weighted by atomic mass is 10.3. The molecule has 3 N–H and O–H groups in total. The molecular formula is C7H11N3O3. The first-order chi connectivity index (χ1) is 6.15. The quantitative estimate of drug-likeness (QED) is 0.378. The van der Waals surface area contributed by atoms with Gasteiger partial charge >= 0.3 is 0 Å². The molecule has 72 valence electrons. The predicted molar refractivity (Wildman–Crippen MR) is 43.4 cm³/mol.